The highest BCUT2D eigenvalue weighted by molar-refractivity contribution is 6.18. The van der Waals surface area contributed by atoms with Crippen molar-refractivity contribution in [3.8, 4) is 0 Å². The number of methoxy groups -OCH3 is 1. The number of halogens is 1. The van der Waals surface area contributed by atoms with Crippen molar-refractivity contribution in [2.75, 3.05) is 13.0 Å². The molecule has 1 aliphatic rings. The molecule has 1 fully saturated rings. The number of amides is 1. The van der Waals surface area contributed by atoms with E-state index in [2.05, 4.69) is 5.32 Å². The lowest BCUT2D eigenvalue weighted by Crippen LogP contribution is -2.46. The van der Waals surface area contributed by atoms with Gasteiger partial charge in [0.2, 0.25) is 5.91 Å². The van der Waals surface area contributed by atoms with Crippen LogP contribution in [-0.2, 0) is 16.0 Å². The number of nitrogens with one attached hydrogen (secondary N) is 1. The van der Waals surface area contributed by atoms with Crippen LogP contribution >= 0.6 is 11.6 Å². The minimum absolute atomic E-state index is 0.0273. The van der Waals surface area contributed by atoms with Crippen LogP contribution in [0.4, 0.5) is 0 Å². The van der Waals surface area contributed by atoms with E-state index in [1.165, 1.54) is 5.56 Å². The first-order chi connectivity index (χ1) is 9.67. The Kier molecular flexibility index (Phi) is 5.44. The van der Waals surface area contributed by atoms with Crippen molar-refractivity contribution >= 4 is 17.5 Å². The zero-order chi connectivity index (χ0) is 14.4. The molecule has 1 aromatic rings. The molecule has 4 heteroatoms. The van der Waals surface area contributed by atoms with Crippen LogP contribution in [0.3, 0.4) is 0 Å². The smallest absolute Gasteiger partial charge is 0.223 e. The molecule has 20 heavy (non-hydrogen) atoms. The van der Waals surface area contributed by atoms with Gasteiger partial charge in [-0.05, 0) is 31.2 Å². The molecule has 1 unspecified atom stereocenters. The predicted molar refractivity (Wildman–Crippen MR) is 81.0 cm³/mol. The van der Waals surface area contributed by atoms with Crippen molar-refractivity contribution in [2.24, 2.45) is 0 Å². The molecule has 0 radical (unpaired) electrons. The van der Waals surface area contributed by atoms with Crippen LogP contribution in [0.25, 0.3) is 0 Å². The fraction of sp³-hybridized carbons (Fsp3) is 0.562. The number of hydrogen-bond donors (Lipinski definition) is 1. The molecule has 3 nitrogen and oxygen atoms in total. The second kappa shape index (κ2) is 7.09. The summed E-state index contributed by atoms with van der Waals surface area (Å²) >= 11 is 5.97. The van der Waals surface area contributed by atoms with Gasteiger partial charge in [0.15, 0.2) is 0 Å². The monoisotopic (exact) mass is 295 g/mol. The first kappa shape index (κ1) is 15.3. The van der Waals surface area contributed by atoms with Crippen molar-refractivity contribution in [1.82, 2.24) is 5.32 Å². The van der Waals surface area contributed by atoms with Gasteiger partial charge in [-0.3, -0.25) is 4.79 Å². The molecule has 0 aliphatic heterocycles. The Morgan fingerprint density at radius 2 is 2.10 bits per heavy atom. The van der Waals surface area contributed by atoms with Crippen LogP contribution in [0.2, 0.25) is 0 Å². The molecule has 1 saturated carbocycles. The Balaban J connectivity index is 1.85. The van der Waals surface area contributed by atoms with Gasteiger partial charge in [-0.1, -0.05) is 30.3 Å². The highest BCUT2D eigenvalue weighted by atomic mass is 35.5. The molecule has 1 aliphatic carbocycles. The number of alkyl halides is 1. The lowest BCUT2D eigenvalue weighted by Gasteiger charge is -2.40. The van der Waals surface area contributed by atoms with Gasteiger partial charge in [0.25, 0.3) is 0 Å². The molecule has 1 aromatic carbocycles. The summed E-state index contributed by atoms with van der Waals surface area (Å²) in [5.41, 5.74) is 0.955. The highest BCUT2D eigenvalue weighted by Gasteiger charge is 2.39. The van der Waals surface area contributed by atoms with Gasteiger partial charge in [0.05, 0.1) is 12.0 Å². The first-order valence-electron chi connectivity index (χ1n) is 7.12. The molecular weight excluding hydrogens is 274 g/mol. The standard InChI is InChI=1S/C16H22ClNO2/c1-20-16(8-5-9-16)11-15(19)18-14(12-17)10-13-6-3-2-4-7-13/h2-4,6-7,14H,5,8-12H2,1H3,(H,18,19). The summed E-state index contributed by atoms with van der Waals surface area (Å²) in [6.45, 7) is 0. The van der Waals surface area contributed by atoms with Crippen LogP contribution in [0, 0.1) is 0 Å². The van der Waals surface area contributed by atoms with E-state index in [0.29, 0.717) is 12.3 Å². The minimum Gasteiger partial charge on any atom is -0.378 e. The van der Waals surface area contributed by atoms with Crippen molar-refractivity contribution in [2.45, 2.75) is 43.7 Å². The maximum absolute atomic E-state index is 12.1. The fourth-order valence-corrected chi connectivity index (χ4v) is 2.82. The third-order valence-corrected chi connectivity index (χ3v) is 4.43. The van der Waals surface area contributed by atoms with Crippen LogP contribution in [0.1, 0.15) is 31.2 Å². The van der Waals surface area contributed by atoms with Crippen LogP contribution in [0.15, 0.2) is 30.3 Å². The van der Waals surface area contributed by atoms with Gasteiger partial charge in [-0.2, -0.15) is 0 Å². The Bertz CT molecular complexity index is 426. The van der Waals surface area contributed by atoms with E-state index in [1.54, 1.807) is 7.11 Å². The Morgan fingerprint density at radius 3 is 2.60 bits per heavy atom. The van der Waals surface area contributed by atoms with Gasteiger partial charge in [0, 0.05) is 19.0 Å². The van der Waals surface area contributed by atoms with Gasteiger partial charge >= 0.3 is 0 Å². The predicted octanol–water partition coefficient (Wildman–Crippen LogP) is 2.91. The zero-order valence-corrected chi connectivity index (χ0v) is 12.7. The molecule has 0 heterocycles. The van der Waals surface area contributed by atoms with E-state index in [1.807, 2.05) is 30.3 Å². The summed E-state index contributed by atoms with van der Waals surface area (Å²) in [5, 5.41) is 3.02. The zero-order valence-electron chi connectivity index (χ0n) is 11.9. The van der Waals surface area contributed by atoms with E-state index in [9.17, 15) is 4.79 Å². The topological polar surface area (TPSA) is 38.3 Å². The largest absolute Gasteiger partial charge is 0.378 e. The summed E-state index contributed by atoms with van der Waals surface area (Å²) < 4.78 is 5.48. The molecule has 2 rings (SSSR count). The van der Waals surface area contributed by atoms with E-state index < -0.39 is 0 Å². The molecule has 0 bridgehead atoms. The highest BCUT2D eigenvalue weighted by Crippen LogP contribution is 2.37. The minimum atomic E-state index is -0.228. The average molecular weight is 296 g/mol. The van der Waals surface area contributed by atoms with E-state index in [-0.39, 0.29) is 17.6 Å². The molecule has 0 spiro atoms. The molecule has 110 valence electrons. The number of ether oxygens (including phenoxy) is 1. The van der Waals surface area contributed by atoms with Gasteiger partial charge in [0.1, 0.15) is 0 Å². The van der Waals surface area contributed by atoms with Crippen molar-refractivity contribution in [3.05, 3.63) is 35.9 Å². The Labute approximate surface area is 125 Å². The van der Waals surface area contributed by atoms with Gasteiger partial charge in [-0.15, -0.1) is 11.6 Å². The third-order valence-electron chi connectivity index (χ3n) is 4.06. The van der Waals surface area contributed by atoms with Gasteiger partial charge < -0.3 is 10.1 Å². The second-order valence-corrected chi connectivity index (χ2v) is 5.83. The number of rotatable bonds is 7. The van der Waals surface area contributed by atoms with E-state index in [4.69, 9.17) is 16.3 Å². The van der Waals surface area contributed by atoms with Gasteiger partial charge in [-0.25, -0.2) is 0 Å². The molecule has 0 aromatic heterocycles. The maximum Gasteiger partial charge on any atom is 0.223 e. The van der Waals surface area contributed by atoms with E-state index >= 15 is 0 Å². The summed E-state index contributed by atoms with van der Waals surface area (Å²) in [6.07, 6.45) is 4.29. The second-order valence-electron chi connectivity index (χ2n) is 5.53. The van der Waals surface area contributed by atoms with Crippen molar-refractivity contribution in [3.63, 3.8) is 0 Å². The SMILES string of the molecule is COC1(CC(=O)NC(CCl)Cc2ccccc2)CCC1. The van der Waals surface area contributed by atoms with E-state index in [0.717, 1.165) is 25.7 Å². The van der Waals surface area contributed by atoms with Crippen LogP contribution in [-0.4, -0.2) is 30.5 Å². The fourth-order valence-electron chi connectivity index (χ4n) is 2.64. The number of carbonyl (C=O) groups excluding carboxylic acids is 1. The lowest BCUT2D eigenvalue weighted by atomic mass is 9.77. The number of carbonyl (C=O) groups is 1. The van der Waals surface area contributed by atoms with Crippen molar-refractivity contribution < 1.29 is 9.53 Å². The molecule has 1 amide bonds. The summed E-state index contributed by atoms with van der Waals surface area (Å²) in [6, 6.07) is 10.0. The first-order valence-corrected chi connectivity index (χ1v) is 7.65. The Hall–Kier alpha value is -1.06. The summed E-state index contributed by atoms with van der Waals surface area (Å²) in [5.74, 6) is 0.453. The molecule has 0 saturated heterocycles. The molecule has 1 N–H and O–H groups in total. The van der Waals surface area contributed by atoms with Crippen molar-refractivity contribution in [1.29, 1.82) is 0 Å². The molecule has 1 atom stereocenters. The quantitative estimate of drug-likeness (QED) is 0.786. The molecular formula is C16H22ClNO2. The van der Waals surface area contributed by atoms with Crippen LogP contribution in [0.5, 0.6) is 0 Å². The number of benzene rings is 1. The average Bonchev–Trinajstić information content (AvgIpc) is 2.43. The summed E-state index contributed by atoms with van der Waals surface area (Å²) in [4.78, 5) is 12.1. The lowest BCUT2D eigenvalue weighted by molar-refractivity contribution is -0.134. The third kappa shape index (κ3) is 3.97. The number of hydrogen-bond acceptors (Lipinski definition) is 2. The van der Waals surface area contributed by atoms with Crippen LogP contribution < -0.4 is 5.32 Å². The maximum atomic E-state index is 12.1. The summed E-state index contributed by atoms with van der Waals surface area (Å²) in [7, 11) is 1.69. The normalized spacial score (nSPS) is 18.1. The Morgan fingerprint density at radius 1 is 1.40 bits per heavy atom.